The normalized spacial score (nSPS) is 11.8. The summed E-state index contributed by atoms with van der Waals surface area (Å²) in [6.45, 7) is 5.07. The van der Waals surface area contributed by atoms with Crippen LogP contribution in [0.5, 0.6) is 5.75 Å². The number of carboxylic acid groups (broad SMARTS) is 1. The molecular formula is C16H17ClN2O4S. The van der Waals surface area contributed by atoms with Crippen LogP contribution < -0.4 is 10.1 Å². The second-order valence-corrected chi connectivity index (χ2v) is 6.73. The Kier molecular flexibility index (Phi) is 5.80. The van der Waals surface area contributed by atoms with Crippen molar-refractivity contribution in [3.8, 4) is 5.75 Å². The first-order valence-electron chi connectivity index (χ1n) is 7.17. The summed E-state index contributed by atoms with van der Waals surface area (Å²) in [4.78, 5) is 27.4. The number of nitrogens with one attached hydrogen (secondary N) is 1. The molecule has 1 aromatic carbocycles. The summed E-state index contributed by atoms with van der Waals surface area (Å²) < 4.78 is 5.48. The van der Waals surface area contributed by atoms with Gasteiger partial charge in [0.25, 0.3) is 5.91 Å². The maximum absolute atomic E-state index is 12.0. The molecule has 0 fully saturated rings. The van der Waals surface area contributed by atoms with Gasteiger partial charge in [0.2, 0.25) is 0 Å². The first kappa shape index (κ1) is 18.2. The number of hydrogen-bond acceptors (Lipinski definition) is 5. The maximum atomic E-state index is 12.0. The molecule has 8 heteroatoms. The fraction of sp³-hybridized carbons (Fsp3) is 0.312. The summed E-state index contributed by atoms with van der Waals surface area (Å²) in [6, 6.07) is 4.75. The Bertz CT molecular complexity index is 775. The first-order valence-corrected chi connectivity index (χ1v) is 8.36. The number of carbonyl (C=O) groups is 2. The van der Waals surface area contributed by atoms with Crippen LogP contribution in [0.25, 0.3) is 0 Å². The third kappa shape index (κ3) is 4.46. The topological polar surface area (TPSA) is 88.5 Å². The molecule has 2 aromatic rings. The molecule has 0 radical (unpaired) electrons. The lowest BCUT2D eigenvalue weighted by molar-refractivity contribution is -0.123. The second-order valence-electron chi connectivity index (χ2n) is 5.26. The van der Waals surface area contributed by atoms with Gasteiger partial charge < -0.3 is 15.2 Å². The number of hydrogen-bond donors (Lipinski definition) is 2. The highest BCUT2D eigenvalue weighted by atomic mass is 35.5. The van der Waals surface area contributed by atoms with Crippen molar-refractivity contribution >= 4 is 34.8 Å². The van der Waals surface area contributed by atoms with Crippen LogP contribution in [-0.2, 0) is 4.79 Å². The Labute approximate surface area is 148 Å². The molecular weight excluding hydrogens is 352 g/mol. The van der Waals surface area contributed by atoms with Crippen LogP contribution in [0.1, 0.15) is 38.9 Å². The van der Waals surface area contributed by atoms with Gasteiger partial charge in [0.05, 0.1) is 11.7 Å². The molecule has 128 valence electrons. The number of ether oxygens (including phenoxy) is 1. The second kappa shape index (κ2) is 7.63. The molecule has 1 atom stereocenters. The van der Waals surface area contributed by atoms with Crippen LogP contribution in [0.3, 0.4) is 0 Å². The number of carboxylic acids is 1. The number of aromatic nitrogens is 1. The lowest BCUT2D eigenvalue weighted by Gasteiger charge is -2.13. The zero-order valence-corrected chi connectivity index (χ0v) is 15.0. The number of carbonyl (C=O) groups excluding carboxylic acids is 1. The minimum absolute atomic E-state index is 0.150. The molecule has 0 aliphatic rings. The number of halogens is 1. The standard InChI is InChI=1S/C16H17ClN2O4S/c1-8-6-11(17)4-5-12(8)23-7-13(20)18-10(3)15-19-9(2)14(24-15)16(21)22/h4-6,10H,7H2,1-3H3,(H,18,20)(H,21,22). The fourth-order valence-corrected chi connectivity index (χ4v) is 3.20. The highest BCUT2D eigenvalue weighted by Crippen LogP contribution is 2.24. The van der Waals surface area contributed by atoms with E-state index >= 15 is 0 Å². The summed E-state index contributed by atoms with van der Waals surface area (Å²) in [5.74, 6) is -0.752. The predicted molar refractivity (Wildman–Crippen MR) is 92.1 cm³/mol. The van der Waals surface area contributed by atoms with Gasteiger partial charge in [0.15, 0.2) is 6.61 Å². The maximum Gasteiger partial charge on any atom is 0.347 e. The lowest BCUT2D eigenvalue weighted by atomic mass is 10.2. The quantitative estimate of drug-likeness (QED) is 0.816. The van der Waals surface area contributed by atoms with Crippen molar-refractivity contribution in [3.63, 3.8) is 0 Å². The molecule has 1 amide bonds. The predicted octanol–water partition coefficient (Wildman–Crippen LogP) is 3.37. The van der Waals surface area contributed by atoms with Crippen LogP contribution >= 0.6 is 22.9 Å². The van der Waals surface area contributed by atoms with Gasteiger partial charge in [-0.15, -0.1) is 11.3 Å². The van der Waals surface area contributed by atoms with Gasteiger partial charge in [-0.25, -0.2) is 9.78 Å². The van der Waals surface area contributed by atoms with Crippen LogP contribution in [-0.4, -0.2) is 28.6 Å². The van der Waals surface area contributed by atoms with Crippen LogP contribution in [0.15, 0.2) is 18.2 Å². The van der Waals surface area contributed by atoms with Gasteiger partial charge in [-0.05, 0) is 44.5 Å². The Balaban J connectivity index is 1.94. The van der Waals surface area contributed by atoms with Crippen molar-refractivity contribution in [3.05, 3.63) is 44.4 Å². The van der Waals surface area contributed by atoms with E-state index in [0.717, 1.165) is 16.9 Å². The smallest absolute Gasteiger partial charge is 0.347 e. The Hall–Kier alpha value is -2.12. The molecule has 0 saturated heterocycles. The molecule has 1 aromatic heterocycles. The van der Waals surface area contributed by atoms with Crippen molar-refractivity contribution in [2.45, 2.75) is 26.8 Å². The minimum atomic E-state index is -1.02. The number of aromatic carboxylic acids is 1. The molecule has 2 N–H and O–H groups in total. The molecule has 6 nitrogen and oxygen atoms in total. The summed E-state index contributed by atoms with van der Waals surface area (Å²) in [7, 11) is 0. The van der Waals surface area contributed by atoms with Gasteiger partial charge in [-0.1, -0.05) is 11.6 Å². The Morgan fingerprint density at radius 1 is 1.42 bits per heavy atom. The van der Waals surface area contributed by atoms with Gasteiger partial charge in [0.1, 0.15) is 15.6 Å². The Morgan fingerprint density at radius 2 is 2.12 bits per heavy atom. The zero-order chi connectivity index (χ0) is 17.9. The number of thiazole rings is 1. The van der Waals surface area contributed by atoms with E-state index in [1.807, 2.05) is 6.92 Å². The van der Waals surface area contributed by atoms with Gasteiger partial charge in [-0.2, -0.15) is 0 Å². The molecule has 1 unspecified atom stereocenters. The van der Waals surface area contributed by atoms with E-state index in [4.69, 9.17) is 21.4 Å². The number of amides is 1. The average molecular weight is 369 g/mol. The largest absolute Gasteiger partial charge is 0.484 e. The van der Waals surface area contributed by atoms with E-state index in [1.165, 1.54) is 0 Å². The average Bonchev–Trinajstić information content (AvgIpc) is 2.88. The van der Waals surface area contributed by atoms with Gasteiger partial charge >= 0.3 is 5.97 Å². The molecule has 2 rings (SSSR count). The van der Waals surface area contributed by atoms with Crippen molar-refractivity contribution in [1.82, 2.24) is 10.3 Å². The molecule has 0 aliphatic carbocycles. The van der Waals surface area contributed by atoms with Gasteiger partial charge in [-0.3, -0.25) is 4.79 Å². The summed E-state index contributed by atoms with van der Waals surface area (Å²) in [6.07, 6.45) is 0. The molecule has 24 heavy (non-hydrogen) atoms. The summed E-state index contributed by atoms with van der Waals surface area (Å²) in [5.41, 5.74) is 1.28. The first-order chi connectivity index (χ1) is 11.3. The summed E-state index contributed by atoms with van der Waals surface area (Å²) >= 11 is 6.93. The monoisotopic (exact) mass is 368 g/mol. The van der Waals surface area contributed by atoms with E-state index in [-0.39, 0.29) is 17.4 Å². The van der Waals surface area contributed by atoms with Crippen molar-refractivity contribution in [2.24, 2.45) is 0 Å². The molecule has 0 saturated carbocycles. The van der Waals surface area contributed by atoms with Crippen molar-refractivity contribution < 1.29 is 19.4 Å². The number of aryl methyl sites for hydroxylation is 2. The third-order valence-electron chi connectivity index (χ3n) is 3.25. The lowest BCUT2D eigenvalue weighted by Crippen LogP contribution is -2.31. The van der Waals surface area contributed by atoms with Crippen LogP contribution in [0, 0.1) is 13.8 Å². The van der Waals surface area contributed by atoms with Crippen LogP contribution in [0.4, 0.5) is 0 Å². The fourth-order valence-electron chi connectivity index (χ4n) is 2.06. The number of benzene rings is 1. The minimum Gasteiger partial charge on any atom is -0.484 e. The highest BCUT2D eigenvalue weighted by molar-refractivity contribution is 7.13. The van der Waals surface area contributed by atoms with E-state index in [2.05, 4.69) is 10.3 Å². The van der Waals surface area contributed by atoms with E-state index in [9.17, 15) is 9.59 Å². The molecule has 0 bridgehead atoms. The van der Waals surface area contributed by atoms with E-state index in [0.29, 0.717) is 21.5 Å². The molecule has 0 aliphatic heterocycles. The SMILES string of the molecule is Cc1cc(Cl)ccc1OCC(=O)NC(C)c1nc(C)c(C(=O)O)s1. The highest BCUT2D eigenvalue weighted by Gasteiger charge is 2.19. The van der Waals surface area contributed by atoms with Crippen molar-refractivity contribution in [2.75, 3.05) is 6.61 Å². The third-order valence-corrected chi connectivity index (χ3v) is 4.81. The van der Waals surface area contributed by atoms with Gasteiger partial charge in [0, 0.05) is 5.02 Å². The zero-order valence-electron chi connectivity index (χ0n) is 13.4. The molecule has 1 heterocycles. The Morgan fingerprint density at radius 3 is 2.71 bits per heavy atom. The molecule has 0 spiro atoms. The van der Waals surface area contributed by atoms with Crippen molar-refractivity contribution in [1.29, 1.82) is 0 Å². The summed E-state index contributed by atoms with van der Waals surface area (Å²) in [5, 5.41) is 12.9. The van der Waals surface area contributed by atoms with E-state index < -0.39 is 12.0 Å². The number of nitrogens with zero attached hydrogens (tertiary/aromatic N) is 1. The number of rotatable bonds is 6. The van der Waals surface area contributed by atoms with E-state index in [1.54, 1.807) is 32.0 Å². The van der Waals surface area contributed by atoms with Crippen LogP contribution in [0.2, 0.25) is 5.02 Å².